The van der Waals surface area contributed by atoms with Crippen molar-refractivity contribution in [1.29, 1.82) is 0 Å². The van der Waals surface area contributed by atoms with Crippen LogP contribution < -0.4 is 5.32 Å². The lowest BCUT2D eigenvalue weighted by Crippen LogP contribution is -2.32. The third-order valence-electron chi connectivity index (χ3n) is 2.29. The molecule has 90 valence electrons. The van der Waals surface area contributed by atoms with Gasteiger partial charge < -0.3 is 15.5 Å². The van der Waals surface area contributed by atoms with Crippen LogP contribution in [0.4, 0.5) is 0 Å². The first-order valence-corrected chi connectivity index (χ1v) is 5.82. The summed E-state index contributed by atoms with van der Waals surface area (Å²) in [6.07, 6.45) is 0.516. The second kappa shape index (κ2) is 7.09. The van der Waals surface area contributed by atoms with Crippen LogP contribution in [0, 0.1) is 0 Å². The molecule has 16 heavy (non-hydrogen) atoms. The molecule has 5 heteroatoms. The highest BCUT2D eigenvalue weighted by Crippen LogP contribution is 2.20. The molecule has 1 aromatic rings. The molecule has 0 saturated carbocycles. The van der Waals surface area contributed by atoms with Crippen LogP contribution in [0.1, 0.15) is 12.0 Å². The molecule has 0 spiro atoms. The number of hydrogen-bond acceptors (Lipinski definition) is 3. The summed E-state index contributed by atoms with van der Waals surface area (Å²) in [4.78, 5) is 0. The summed E-state index contributed by atoms with van der Waals surface area (Å²) in [6, 6.07) is 5.17. The summed E-state index contributed by atoms with van der Waals surface area (Å²) in [6.45, 7) is 0.583. The number of benzene rings is 1. The van der Waals surface area contributed by atoms with Gasteiger partial charge in [-0.25, -0.2) is 0 Å². The zero-order valence-electron chi connectivity index (χ0n) is 8.79. The monoisotopic (exact) mass is 263 g/mol. The fraction of sp³-hybridized carbons (Fsp3) is 0.455. The Morgan fingerprint density at radius 1 is 1.25 bits per heavy atom. The van der Waals surface area contributed by atoms with Gasteiger partial charge in [0.2, 0.25) is 0 Å². The van der Waals surface area contributed by atoms with Crippen LogP contribution in [0.25, 0.3) is 0 Å². The van der Waals surface area contributed by atoms with E-state index in [1.54, 1.807) is 12.1 Å². The molecule has 0 aromatic heterocycles. The molecule has 1 unspecified atom stereocenters. The van der Waals surface area contributed by atoms with Crippen LogP contribution in [0.3, 0.4) is 0 Å². The van der Waals surface area contributed by atoms with Crippen LogP contribution in [-0.4, -0.2) is 29.5 Å². The Kier molecular flexibility index (Phi) is 6.09. The lowest BCUT2D eigenvalue weighted by molar-refractivity contribution is 0.200. The van der Waals surface area contributed by atoms with Gasteiger partial charge >= 0.3 is 0 Å². The van der Waals surface area contributed by atoms with Gasteiger partial charge in [-0.1, -0.05) is 29.3 Å². The molecule has 3 nitrogen and oxygen atoms in total. The van der Waals surface area contributed by atoms with E-state index in [4.69, 9.17) is 33.4 Å². The van der Waals surface area contributed by atoms with Gasteiger partial charge in [-0.15, -0.1) is 0 Å². The van der Waals surface area contributed by atoms with E-state index in [1.165, 1.54) is 0 Å². The van der Waals surface area contributed by atoms with Crippen molar-refractivity contribution in [3.8, 4) is 0 Å². The van der Waals surface area contributed by atoms with Crippen LogP contribution in [-0.2, 0) is 6.54 Å². The predicted molar refractivity (Wildman–Crippen MR) is 65.9 cm³/mol. The minimum absolute atomic E-state index is 0.00817. The average Bonchev–Trinajstić information content (AvgIpc) is 2.26. The Labute approximate surface area is 105 Å². The minimum atomic E-state index is -0.114. The maximum atomic E-state index is 9.02. The Balaban J connectivity index is 2.53. The van der Waals surface area contributed by atoms with Crippen molar-refractivity contribution < 1.29 is 10.2 Å². The normalized spacial score (nSPS) is 12.8. The van der Waals surface area contributed by atoms with E-state index in [0.29, 0.717) is 23.0 Å². The van der Waals surface area contributed by atoms with E-state index < -0.39 is 0 Å². The van der Waals surface area contributed by atoms with Crippen molar-refractivity contribution in [2.24, 2.45) is 0 Å². The third-order valence-corrected chi connectivity index (χ3v) is 2.88. The van der Waals surface area contributed by atoms with Gasteiger partial charge in [0.05, 0.1) is 6.61 Å². The zero-order chi connectivity index (χ0) is 12.0. The number of rotatable bonds is 6. The lowest BCUT2D eigenvalue weighted by atomic mass is 10.2. The molecule has 3 N–H and O–H groups in total. The number of aliphatic hydroxyl groups is 2. The molecular formula is C11H15Cl2NO2. The number of nitrogens with one attached hydrogen (secondary N) is 1. The van der Waals surface area contributed by atoms with Crippen molar-refractivity contribution in [3.63, 3.8) is 0 Å². The van der Waals surface area contributed by atoms with Crippen LogP contribution in [0.15, 0.2) is 18.2 Å². The topological polar surface area (TPSA) is 52.5 Å². The number of halogens is 2. The van der Waals surface area contributed by atoms with E-state index >= 15 is 0 Å². The summed E-state index contributed by atoms with van der Waals surface area (Å²) < 4.78 is 0. The maximum absolute atomic E-state index is 9.02. The van der Waals surface area contributed by atoms with E-state index in [0.717, 1.165) is 5.56 Å². The van der Waals surface area contributed by atoms with Crippen molar-refractivity contribution in [3.05, 3.63) is 33.8 Å². The Morgan fingerprint density at radius 3 is 2.56 bits per heavy atom. The number of hydrogen-bond donors (Lipinski definition) is 3. The predicted octanol–water partition coefficient (Wildman–Crippen LogP) is 1.83. The molecule has 0 bridgehead atoms. The first-order valence-electron chi connectivity index (χ1n) is 5.06. The van der Waals surface area contributed by atoms with Crippen molar-refractivity contribution >= 4 is 23.2 Å². The molecular weight excluding hydrogens is 249 g/mol. The lowest BCUT2D eigenvalue weighted by Gasteiger charge is -2.15. The van der Waals surface area contributed by atoms with Gasteiger partial charge in [0.15, 0.2) is 0 Å². The molecule has 1 atom stereocenters. The second-order valence-corrected chi connectivity index (χ2v) is 4.35. The molecule has 0 saturated heterocycles. The third kappa shape index (κ3) is 4.28. The summed E-state index contributed by atoms with van der Waals surface area (Å²) in [5.74, 6) is 0. The van der Waals surface area contributed by atoms with Crippen LogP contribution in [0.5, 0.6) is 0 Å². The molecule has 0 aliphatic heterocycles. The van der Waals surface area contributed by atoms with E-state index in [2.05, 4.69) is 5.32 Å². The summed E-state index contributed by atoms with van der Waals surface area (Å²) in [5.41, 5.74) is 0.919. The summed E-state index contributed by atoms with van der Waals surface area (Å²) in [5, 5.41) is 22.1. The quantitative estimate of drug-likeness (QED) is 0.734. The molecule has 0 amide bonds. The standard InChI is InChI=1S/C11H15Cl2NO2/c12-9-2-1-8(11(13)5-9)6-14-10(7-16)3-4-15/h1-2,5,10,14-16H,3-4,6-7H2. The minimum Gasteiger partial charge on any atom is -0.396 e. The highest BCUT2D eigenvalue weighted by atomic mass is 35.5. The van der Waals surface area contributed by atoms with Gasteiger partial charge in [-0.05, 0) is 24.1 Å². The van der Waals surface area contributed by atoms with Crippen molar-refractivity contribution in [2.45, 2.75) is 19.0 Å². The maximum Gasteiger partial charge on any atom is 0.0585 e. The van der Waals surface area contributed by atoms with Gasteiger partial charge in [-0.3, -0.25) is 0 Å². The molecule has 1 rings (SSSR count). The molecule has 0 heterocycles. The molecule has 0 aliphatic rings. The highest BCUT2D eigenvalue weighted by Gasteiger charge is 2.07. The van der Waals surface area contributed by atoms with E-state index in [1.807, 2.05) is 6.07 Å². The van der Waals surface area contributed by atoms with Gasteiger partial charge in [0.25, 0.3) is 0 Å². The fourth-order valence-electron chi connectivity index (χ4n) is 1.33. The van der Waals surface area contributed by atoms with Gasteiger partial charge in [0, 0.05) is 29.2 Å². The van der Waals surface area contributed by atoms with Crippen LogP contribution >= 0.6 is 23.2 Å². The molecule has 0 radical (unpaired) electrons. The average molecular weight is 264 g/mol. The van der Waals surface area contributed by atoms with Gasteiger partial charge in [0.1, 0.15) is 0 Å². The van der Waals surface area contributed by atoms with Crippen molar-refractivity contribution in [1.82, 2.24) is 5.32 Å². The fourth-order valence-corrected chi connectivity index (χ4v) is 1.81. The Morgan fingerprint density at radius 2 is 2.00 bits per heavy atom. The first-order chi connectivity index (χ1) is 7.67. The first kappa shape index (κ1) is 13.7. The largest absolute Gasteiger partial charge is 0.396 e. The second-order valence-electron chi connectivity index (χ2n) is 3.51. The highest BCUT2D eigenvalue weighted by molar-refractivity contribution is 6.35. The summed E-state index contributed by atoms with van der Waals surface area (Å²) in [7, 11) is 0. The molecule has 0 aliphatic carbocycles. The molecule has 0 fully saturated rings. The Bertz CT molecular complexity index is 334. The summed E-state index contributed by atoms with van der Waals surface area (Å²) >= 11 is 11.8. The smallest absolute Gasteiger partial charge is 0.0585 e. The number of aliphatic hydroxyl groups excluding tert-OH is 2. The zero-order valence-corrected chi connectivity index (χ0v) is 10.3. The SMILES string of the molecule is OCCC(CO)NCc1ccc(Cl)cc1Cl. The van der Waals surface area contributed by atoms with Crippen molar-refractivity contribution in [2.75, 3.05) is 13.2 Å². The Hall–Kier alpha value is -0.320. The van der Waals surface area contributed by atoms with Gasteiger partial charge in [-0.2, -0.15) is 0 Å². The van der Waals surface area contributed by atoms with Crippen LogP contribution in [0.2, 0.25) is 10.0 Å². The molecule has 1 aromatic carbocycles. The van der Waals surface area contributed by atoms with E-state index in [9.17, 15) is 0 Å². The van der Waals surface area contributed by atoms with E-state index in [-0.39, 0.29) is 19.3 Å².